The molecule has 0 saturated carbocycles. The summed E-state index contributed by atoms with van der Waals surface area (Å²) in [5.41, 5.74) is -8.63. The number of halogens is 11. The zero-order chi connectivity index (χ0) is 32.5. The first-order valence-corrected chi connectivity index (χ1v) is 12.7. The molecule has 3 aromatic carbocycles. The summed E-state index contributed by atoms with van der Waals surface area (Å²) in [7, 11) is 1.10. The van der Waals surface area contributed by atoms with E-state index in [0.717, 1.165) is 18.7 Å². The van der Waals surface area contributed by atoms with Crippen molar-refractivity contribution in [1.29, 1.82) is 0 Å². The maximum Gasteiger partial charge on any atom is 0.435 e. The third kappa shape index (κ3) is 6.95. The van der Waals surface area contributed by atoms with Crippen LogP contribution < -0.4 is 20.1 Å². The van der Waals surface area contributed by atoms with Crippen molar-refractivity contribution in [3.63, 3.8) is 0 Å². The summed E-state index contributed by atoms with van der Waals surface area (Å²) in [6.45, 7) is -2.08. The Balaban J connectivity index is 2.05. The van der Waals surface area contributed by atoms with Gasteiger partial charge in [-0.2, -0.15) is 35.1 Å². The van der Waals surface area contributed by atoms with Gasteiger partial charge < -0.3 is 20.1 Å². The van der Waals surface area contributed by atoms with E-state index in [0.29, 0.717) is 0 Å². The number of hydrogen-bond acceptors (Lipinski definition) is 4. The fourth-order valence-electron chi connectivity index (χ4n) is 3.79. The number of amides is 2. The average Bonchev–Trinajstić information content (AvgIpc) is 2.87. The van der Waals surface area contributed by atoms with Gasteiger partial charge in [-0.15, -0.1) is 0 Å². The number of hydrogen-bond donors (Lipinski definition) is 2. The molecule has 0 saturated heterocycles. The van der Waals surface area contributed by atoms with Crippen LogP contribution in [0.1, 0.15) is 31.8 Å². The van der Waals surface area contributed by atoms with Crippen LogP contribution in [0, 0.1) is 6.92 Å². The van der Waals surface area contributed by atoms with Crippen LogP contribution in [0.3, 0.4) is 0 Å². The predicted molar refractivity (Wildman–Crippen MR) is 141 cm³/mol. The van der Waals surface area contributed by atoms with Crippen molar-refractivity contribution in [3.8, 4) is 11.5 Å². The minimum absolute atomic E-state index is 0.00805. The van der Waals surface area contributed by atoms with Gasteiger partial charge in [0.25, 0.3) is 11.8 Å². The molecule has 0 heterocycles. The van der Waals surface area contributed by atoms with Gasteiger partial charge in [0.15, 0.2) is 11.5 Å². The number of aryl methyl sites for hydroxylation is 1. The van der Waals surface area contributed by atoms with Crippen LogP contribution in [0.25, 0.3) is 0 Å². The molecule has 0 aromatic heterocycles. The lowest BCUT2D eigenvalue weighted by Crippen LogP contribution is -2.50. The average molecular weight is 708 g/mol. The molecule has 43 heavy (non-hydrogen) atoms. The molecule has 3 rings (SSSR count). The van der Waals surface area contributed by atoms with Crippen molar-refractivity contribution in [2.75, 3.05) is 17.7 Å². The molecule has 0 fully saturated rings. The maximum atomic E-state index is 14.6. The van der Waals surface area contributed by atoms with Crippen molar-refractivity contribution in [2.45, 2.75) is 31.6 Å². The van der Waals surface area contributed by atoms with Gasteiger partial charge in [-0.3, -0.25) is 9.59 Å². The first kappa shape index (κ1) is 33.8. The first-order valence-electron chi connectivity index (χ1n) is 11.5. The smallest absolute Gasteiger partial charge is 0.435 e. The van der Waals surface area contributed by atoms with Crippen LogP contribution in [0.5, 0.6) is 11.5 Å². The van der Waals surface area contributed by atoms with Gasteiger partial charge in [-0.1, -0.05) is 23.7 Å². The van der Waals surface area contributed by atoms with Crippen LogP contribution in [0.4, 0.5) is 50.9 Å². The molecule has 0 spiro atoms. The largest absolute Gasteiger partial charge is 0.494 e. The van der Waals surface area contributed by atoms with Gasteiger partial charge in [-0.25, -0.2) is 4.39 Å². The third-order valence-corrected chi connectivity index (χ3v) is 6.71. The number of rotatable bonds is 8. The van der Waals surface area contributed by atoms with Crippen LogP contribution in [0.15, 0.2) is 53.0 Å². The molecule has 0 unspecified atom stereocenters. The van der Waals surface area contributed by atoms with E-state index in [-0.39, 0.29) is 39.7 Å². The normalized spacial score (nSPS) is 12.2. The second kappa shape index (κ2) is 12.5. The number of nitrogens with one attached hydrogen (secondary N) is 2. The van der Waals surface area contributed by atoms with E-state index in [1.54, 1.807) is 13.0 Å². The Morgan fingerprint density at radius 2 is 1.49 bits per heavy atom. The lowest BCUT2D eigenvalue weighted by atomic mass is 9.93. The quantitative estimate of drug-likeness (QED) is 0.230. The van der Waals surface area contributed by atoms with E-state index in [1.165, 1.54) is 24.3 Å². The van der Waals surface area contributed by atoms with Crippen LogP contribution in [0.2, 0.25) is 5.02 Å². The molecule has 0 radical (unpaired) electrons. The SMILES string of the molecule is COc1c(NC(=O)c2ccc(C)cc2Cl)cccc1C(=O)Nc1c(Br)cc(C(F)(C(F)(F)F)C(F)(F)F)cc1OC(F)F. The highest BCUT2D eigenvalue weighted by Crippen LogP contribution is 2.55. The summed E-state index contributed by atoms with van der Waals surface area (Å²) in [6.07, 6.45) is -13.1. The number of benzene rings is 3. The Morgan fingerprint density at radius 3 is 2.02 bits per heavy atom. The molecule has 17 heteroatoms. The number of carbonyl (C=O) groups excluding carboxylic acids is 2. The summed E-state index contributed by atoms with van der Waals surface area (Å²) in [4.78, 5) is 26.0. The van der Waals surface area contributed by atoms with Crippen LogP contribution >= 0.6 is 27.5 Å². The van der Waals surface area contributed by atoms with Gasteiger partial charge in [-0.05, 0) is 64.8 Å². The summed E-state index contributed by atoms with van der Waals surface area (Å²) in [5, 5.41) is 4.61. The summed E-state index contributed by atoms with van der Waals surface area (Å²) >= 11 is 8.71. The van der Waals surface area contributed by atoms with Gasteiger partial charge in [0.2, 0.25) is 0 Å². The topological polar surface area (TPSA) is 76.7 Å². The number of ether oxygens (including phenoxy) is 2. The van der Waals surface area contributed by atoms with E-state index in [1.807, 2.05) is 5.32 Å². The maximum absolute atomic E-state index is 14.6. The minimum Gasteiger partial charge on any atom is -0.494 e. The van der Waals surface area contributed by atoms with Gasteiger partial charge in [0.05, 0.1) is 34.6 Å². The summed E-state index contributed by atoms with van der Waals surface area (Å²) in [5.74, 6) is -3.62. The van der Waals surface area contributed by atoms with Gasteiger partial charge in [0.1, 0.15) is 0 Å². The molecule has 6 nitrogen and oxygen atoms in total. The van der Waals surface area contributed by atoms with Crippen LogP contribution in [-0.4, -0.2) is 37.9 Å². The van der Waals surface area contributed by atoms with Gasteiger partial charge in [0, 0.05) is 10.0 Å². The van der Waals surface area contributed by atoms with Crippen molar-refractivity contribution in [2.24, 2.45) is 0 Å². The molecule has 2 N–H and O–H groups in total. The summed E-state index contributed by atoms with van der Waals surface area (Å²) in [6, 6.07) is 8.05. The Hall–Kier alpha value is -3.66. The monoisotopic (exact) mass is 706 g/mol. The fourth-order valence-corrected chi connectivity index (χ4v) is 4.65. The molecule has 232 valence electrons. The molecule has 0 bridgehead atoms. The van der Waals surface area contributed by atoms with E-state index in [9.17, 15) is 49.1 Å². The number of carbonyl (C=O) groups is 2. The zero-order valence-corrected chi connectivity index (χ0v) is 23.8. The van der Waals surface area contributed by atoms with Crippen molar-refractivity contribution in [3.05, 3.63) is 80.3 Å². The molecule has 0 aliphatic carbocycles. The first-order chi connectivity index (χ1) is 19.8. The summed E-state index contributed by atoms with van der Waals surface area (Å²) < 4.78 is 129. The number of alkyl halides is 9. The molecule has 3 aromatic rings. The highest BCUT2D eigenvalue weighted by atomic mass is 79.9. The Morgan fingerprint density at radius 1 is 0.884 bits per heavy atom. The minimum atomic E-state index is -6.56. The second-order valence-corrected chi connectivity index (χ2v) is 9.90. The van der Waals surface area contributed by atoms with E-state index < -0.39 is 57.9 Å². The molecule has 0 atom stereocenters. The molecular formula is C26H17BrClF9N2O4. The highest BCUT2D eigenvalue weighted by molar-refractivity contribution is 9.10. The molecular weight excluding hydrogens is 691 g/mol. The second-order valence-electron chi connectivity index (χ2n) is 8.64. The van der Waals surface area contributed by atoms with Crippen molar-refractivity contribution in [1.82, 2.24) is 0 Å². The Bertz CT molecular complexity index is 1530. The third-order valence-electron chi connectivity index (χ3n) is 5.77. The van der Waals surface area contributed by atoms with E-state index in [2.05, 4.69) is 26.0 Å². The van der Waals surface area contributed by atoms with Crippen LogP contribution in [-0.2, 0) is 5.67 Å². The molecule has 0 aliphatic heterocycles. The van der Waals surface area contributed by atoms with Crippen molar-refractivity contribution >= 4 is 50.7 Å². The van der Waals surface area contributed by atoms with E-state index in [4.69, 9.17) is 16.3 Å². The Kier molecular flexibility index (Phi) is 9.85. The highest BCUT2D eigenvalue weighted by Gasteiger charge is 2.73. The zero-order valence-electron chi connectivity index (χ0n) is 21.5. The molecule has 0 aliphatic rings. The lowest BCUT2D eigenvalue weighted by Gasteiger charge is -2.31. The van der Waals surface area contributed by atoms with Gasteiger partial charge >= 0.3 is 24.6 Å². The lowest BCUT2D eigenvalue weighted by molar-refractivity contribution is -0.348. The fraction of sp³-hybridized carbons (Fsp3) is 0.231. The van der Waals surface area contributed by atoms with E-state index >= 15 is 0 Å². The van der Waals surface area contributed by atoms with Crippen molar-refractivity contribution < 1.29 is 58.6 Å². The number of anilines is 2. The Labute approximate surface area is 250 Å². The number of para-hydroxylation sites is 1. The predicted octanol–water partition coefficient (Wildman–Crippen LogP) is 8.81. The number of methoxy groups -OCH3 is 1. The molecule has 2 amide bonds. The standard InChI is InChI=1S/C26H17BrClF9N2O4/c1-11-6-7-13(16(28)8-11)21(40)38-17-5-3-4-14(20(17)42-2)22(41)39-19-15(27)9-12(10-18(19)43-23(29)30)24(31,25(32,33)34)26(35,36)37/h3-10,23H,1-2H3,(H,38,40)(H,39,41).